The van der Waals surface area contributed by atoms with E-state index in [4.69, 9.17) is 4.74 Å². The number of hydrogen-bond donors (Lipinski definition) is 1. The van der Waals surface area contributed by atoms with E-state index in [0.717, 1.165) is 23.2 Å². The summed E-state index contributed by atoms with van der Waals surface area (Å²) >= 11 is 0.929. The fourth-order valence-corrected chi connectivity index (χ4v) is 5.67. The second kappa shape index (κ2) is 7.55. The number of thiazole rings is 1. The van der Waals surface area contributed by atoms with Crippen LogP contribution in [-0.2, 0) is 26.4 Å². The van der Waals surface area contributed by atoms with Gasteiger partial charge in [-0.15, -0.1) is 11.3 Å². The molecule has 0 aliphatic carbocycles. The fourth-order valence-electron chi connectivity index (χ4n) is 2.46. The number of aromatic nitrogens is 1. The standard InChI is InChI=1S/C17H18N2O5S3/c1-3-24-13-9-10-14-15(19-17(25-14)26(2,20)21)16(13)27(22,23)18-11-12-7-5-4-6-8-12/h4-10,18H,3,11H2,1-2H3. The maximum atomic E-state index is 13.0. The SMILES string of the molecule is CCOc1ccc2sc(S(C)(=O)=O)nc2c1S(=O)(=O)NCc1ccccc1. The predicted octanol–water partition coefficient (Wildman–Crippen LogP) is 2.58. The Kier molecular flexibility index (Phi) is 5.52. The van der Waals surface area contributed by atoms with Crippen molar-refractivity contribution in [3.63, 3.8) is 0 Å². The number of nitrogens with one attached hydrogen (secondary N) is 1. The summed E-state index contributed by atoms with van der Waals surface area (Å²) < 4.78 is 58.0. The molecule has 7 nitrogen and oxygen atoms in total. The summed E-state index contributed by atoms with van der Waals surface area (Å²) in [4.78, 5) is 3.93. The second-order valence-electron chi connectivity index (χ2n) is 5.73. The summed E-state index contributed by atoms with van der Waals surface area (Å²) in [5, 5.41) is 0. The van der Waals surface area contributed by atoms with E-state index in [-0.39, 0.29) is 33.7 Å². The Morgan fingerprint density at radius 2 is 1.78 bits per heavy atom. The Bertz CT molecular complexity index is 1170. The minimum Gasteiger partial charge on any atom is -0.492 e. The van der Waals surface area contributed by atoms with Crippen molar-refractivity contribution in [1.82, 2.24) is 9.71 Å². The van der Waals surface area contributed by atoms with Crippen molar-refractivity contribution in [2.45, 2.75) is 22.7 Å². The first-order valence-corrected chi connectivity index (χ1v) is 12.2. The Morgan fingerprint density at radius 1 is 1.07 bits per heavy atom. The van der Waals surface area contributed by atoms with Crippen LogP contribution in [-0.4, -0.2) is 34.7 Å². The van der Waals surface area contributed by atoms with Gasteiger partial charge < -0.3 is 4.74 Å². The average Bonchev–Trinajstić information content (AvgIpc) is 3.05. The molecule has 0 bridgehead atoms. The number of sulfonamides is 1. The molecule has 0 atom stereocenters. The molecule has 0 aliphatic heterocycles. The van der Waals surface area contributed by atoms with Crippen molar-refractivity contribution in [3.05, 3.63) is 48.0 Å². The molecule has 0 unspecified atom stereocenters. The Morgan fingerprint density at radius 3 is 2.41 bits per heavy atom. The summed E-state index contributed by atoms with van der Waals surface area (Å²) in [5.41, 5.74) is 0.883. The third kappa shape index (κ3) is 4.29. The van der Waals surface area contributed by atoms with Crippen molar-refractivity contribution >= 4 is 41.4 Å². The summed E-state index contributed by atoms with van der Waals surface area (Å²) in [7, 11) is -7.55. The molecule has 27 heavy (non-hydrogen) atoms. The molecule has 1 N–H and O–H groups in total. The van der Waals surface area contributed by atoms with Gasteiger partial charge in [-0.3, -0.25) is 0 Å². The molecule has 0 saturated heterocycles. The second-order valence-corrected chi connectivity index (χ2v) is 10.7. The third-order valence-electron chi connectivity index (χ3n) is 3.65. The summed E-state index contributed by atoms with van der Waals surface area (Å²) in [6, 6.07) is 12.2. The van der Waals surface area contributed by atoms with E-state index in [0.29, 0.717) is 4.70 Å². The van der Waals surface area contributed by atoms with Gasteiger partial charge in [0.1, 0.15) is 11.3 Å². The molecular formula is C17H18N2O5S3. The summed E-state index contributed by atoms with van der Waals surface area (Å²) in [6.07, 6.45) is 1.04. The van der Waals surface area contributed by atoms with Crippen molar-refractivity contribution < 1.29 is 21.6 Å². The lowest BCUT2D eigenvalue weighted by Crippen LogP contribution is -2.24. The first-order chi connectivity index (χ1) is 12.7. The highest BCUT2D eigenvalue weighted by Gasteiger charge is 2.27. The van der Waals surface area contributed by atoms with E-state index in [9.17, 15) is 16.8 Å². The van der Waals surface area contributed by atoms with Crippen LogP contribution < -0.4 is 9.46 Å². The lowest BCUT2D eigenvalue weighted by atomic mass is 10.2. The van der Waals surface area contributed by atoms with Crippen LogP contribution in [0.4, 0.5) is 0 Å². The molecule has 0 spiro atoms. The first-order valence-electron chi connectivity index (χ1n) is 8.02. The number of fused-ring (bicyclic) bond motifs is 1. The minimum atomic E-state index is -4.00. The molecule has 144 valence electrons. The highest BCUT2D eigenvalue weighted by atomic mass is 32.2. The van der Waals surface area contributed by atoms with Crippen molar-refractivity contribution in [1.29, 1.82) is 0 Å². The van der Waals surface area contributed by atoms with Gasteiger partial charge in [-0.1, -0.05) is 30.3 Å². The van der Waals surface area contributed by atoms with Crippen LogP contribution >= 0.6 is 11.3 Å². The monoisotopic (exact) mass is 426 g/mol. The summed E-state index contributed by atoms with van der Waals surface area (Å²) in [5.74, 6) is 0.135. The molecule has 3 rings (SSSR count). The molecule has 0 radical (unpaired) electrons. The molecule has 3 aromatic rings. The number of benzene rings is 2. The van der Waals surface area contributed by atoms with Crippen LogP contribution in [0.1, 0.15) is 12.5 Å². The van der Waals surface area contributed by atoms with Gasteiger partial charge in [0.05, 0.1) is 11.3 Å². The molecule has 2 aromatic carbocycles. The number of sulfone groups is 1. The topological polar surface area (TPSA) is 102 Å². The highest BCUT2D eigenvalue weighted by molar-refractivity contribution is 7.92. The zero-order valence-corrected chi connectivity index (χ0v) is 17.1. The minimum absolute atomic E-state index is 0.0898. The van der Waals surface area contributed by atoms with E-state index in [2.05, 4.69) is 9.71 Å². The maximum Gasteiger partial charge on any atom is 0.246 e. The Balaban J connectivity index is 2.11. The van der Waals surface area contributed by atoms with E-state index in [1.807, 2.05) is 18.2 Å². The lowest BCUT2D eigenvalue weighted by Gasteiger charge is -2.12. The van der Waals surface area contributed by atoms with Crippen LogP contribution in [0, 0.1) is 0 Å². The van der Waals surface area contributed by atoms with Crippen molar-refractivity contribution in [2.24, 2.45) is 0 Å². The highest BCUT2D eigenvalue weighted by Crippen LogP contribution is 2.36. The molecule has 0 fully saturated rings. The normalized spacial score (nSPS) is 12.4. The Labute approximate surface area is 162 Å². The number of rotatable bonds is 7. The largest absolute Gasteiger partial charge is 0.492 e. The van der Waals surface area contributed by atoms with E-state index >= 15 is 0 Å². The third-order valence-corrected chi connectivity index (χ3v) is 7.81. The maximum absolute atomic E-state index is 13.0. The van der Waals surface area contributed by atoms with E-state index < -0.39 is 19.9 Å². The molecule has 1 aromatic heterocycles. The zero-order valence-electron chi connectivity index (χ0n) is 14.7. The van der Waals surface area contributed by atoms with E-state index in [1.165, 1.54) is 6.07 Å². The molecule has 0 saturated carbocycles. The first kappa shape index (κ1) is 19.7. The molecule has 10 heteroatoms. The van der Waals surface area contributed by atoms with Crippen LogP contribution in [0.25, 0.3) is 10.2 Å². The van der Waals surface area contributed by atoms with Gasteiger partial charge in [-0.2, -0.15) is 0 Å². The molecule has 1 heterocycles. The van der Waals surface area contributed by atoms with Crippen LogP contribution in [0.2, 0.25) is 0 Å². The van der Waals surface area contributed by atoms with E-state index in [1.54, 1.807) is 25.1 Å². The van der Waals surface area contributed by atoms with Gasteiger partial charge >= 0.3 is 0 Å². The smallest absolute Gasteiger partial charge is 0.246 e. The van der Waals surface area contributed by atoms with Gasteiger partial charge in [0.15, 0.2) is 4.90 Å². The zero-order chi connectivity index (χ0) is 19.7. The van der Waals surface area contributed by atoms with Gasteiger partial charge in [-0.25, -0.2) is 26.5 Å². The van der Waals surface area contributed by atoms with Crippen LogP contribution in [0.5, 0.6) is 5.75 Å². The molecular weight excluding hydrogens is 408 g/mol. The number of ether oxygens (including phenoxy) is 1. The number of hydrogen-bond acceptors (Lipinski definition) is 7. The average molecular weight is 427 g/mol. The van der Waals surface area contributed by atoms with Crippen molar-refractivity contribution in [2.75, 3.05) is 12.9 Å². The molecule has 0 amide bonds. The van der Waals surface area contributed by atoms with Crippen LogP contribution in [0.3, 0.4) is 0 Å². The number of nitrogens with zero attached hydrogens (tertiary/aromatic N) is 1. The van der Waals surface area contributed by atoms with Crippen LogP contribution in [0.15, 0.2) is 51.7 Å². The van der Waals surface area contributed by atoms with Gasteiger partial charge in [-0.05, 0) is 24.6 Å². The Hall–Kier alpha value is -2.01. The predicted molar refractivity (Wildman–Crippen MR) is 104 cm³/mol. The van der Waals surface area contributed by atoms with Crippen molar-refractivity contribution in [3.8, 4) is 5.75 Å². The lowest BCUT2D eigenvalue weighted by molar-refractivity contribution is 0.332. The van der Waals surface area contributed by atoms with Gasteiger partial charge in [0.2, 0.25) is 24.2 Å². The quantitative estimate of drug-likeness (QED) is 0.623. The fraction of sp³-hybridized carbons (Fsp3) is 0.235. The summed E-state index contributed by atoms with van der Waals surface area (Å²) in [6.45, 7) is 2.09. The molecule has 0 aliphatic rings. The van der Waals surface area contributed by atoms with Gasteiger partial charge in [0.25, 0.3) is 0 Å². The van der Waals surface area contributed by atoms with Gasteiger partial charge in [0, 0.05) is 12.8 Å².